The number of anilines is 1. The zero-order chi connectivity index (χ0) is 19.0. The normalized spacial score (nSPS) is 11.8. The van der Waals surface area contributed by atoms with Crippen LogP contribution in [0.25, 0.3) is 0 Å². The van der Waals surface area contributed by atoms with E-state index in [4.69, 9.17) is 0 Å². The fourth-order valence-corrected chi connectivity index (χ4v) is 2.01. The first-order valence-corrected chi connectivity index (χ1v) is 8.26. The molecule has 0 aliphatic rings. The third kappa shape index (κ3) is 6.82. The Hall–Kier alpha value is -2.57. The summed E-state index contributed by atoms with van der Waals surface area (Å²) < 4.78 is 4.54. The number of ether oxygens (including phenoxy) is 1. The molecule has 7 nitrogen and oxygen atoms in total. The molecule has 0 bridgehead atoms. The zero-order valence-corrected chi connectivity index (χ0v) is 15.4. The predicted molar refractivity (Wildman–Crippen MR) is 95.9 cm³/mol. The van der Waals surface area contributed by atoms with Crippen molar-refractivity contribution in [3.63, 3.8) is 0 Å². The van der Waals surface area contributed by atoms with Crippen molar-refractivity contribution >= 4 is 23.6 Å². The van der Waals surface area contributed by atoms with Gasteiger partial charge in [0, 0.05) is 18.2 Å². The highest BCUT2D eigenvalue weighted by atomic mass is 16.5. The van der Waals surface area contributed by atoms with Crippen molar-refractivity contribution in [3.8, 4) is 0 Å². The lowest BCUT2D eigenvalue weighted by molar-refractivity contribution is -0.124. The summed E-state index contributed by atoms with van der Waals surface area (Å²) in [4.78, 5) is 35.2. The van der Waals surface area contributed by atoms with Crippen molar-refractivity contribution in [3.05, 3.63) is 29.8 Å². The fraction of sp³-hybridized carbons (Fsp3) is 0.500. The van der Waals surface area contributed by atoms with Gasteiger partial charge in [-0.25, -0.2) is 4.79 Å². The average Bonchev–Trinajstić information content (AvgIpc) is 2.58. The maximum atomic E-state index is 12.3. The summed E-state index contributed by atoms with van der Waals surface area (Å²) in [5.74, 6) is -0.491. The molecule has 7 heteroatoms. The van der Waals surface area contributed by atoms with E-state index in [1.54, 1.807) is 12.1 Å². The average molecular weight is 349 g/mol. The summed E-state index contributed by atoms with van der Waals surface area (Å²) in [5, 5.41) is 8.12. The number of alkyl carbamates (subject to hydrolysis) is 1. The number of hydrogen-bond donors (Lipinski definition) is 3. The Labute approximate surface area is 148 Å². The van der Waals surface area contributed by atoms with E-state index in [9.17, 15) is 14.4 Å². The summed E-state index contributed by atoms with van der Waals surface area (Å²) >= 11 is 0. The van der Waals surface area contributed by atoms with Crippen LogP contribution >= 0.6 is 0 Å². The van der Waals surface area contributed by atoms with E-state index in [1.165, 1.54) is 7.11 Å². The Bertz CT molecular complexity index is 597. The quantitative estimate of drug-likeness (QED) is 0.703. The highest BCUT2D eigenvalue weighted by Gasteiger charge is 2.24. The SMILES string of the molecule is COC(=O)N[C@@H](C(=O)NCc1ccc(NC(=O)C(C)C)cc1)C(C)C. The summed E-state index contributed by atoms with van der Waals surface area (Å²) in [5.41, 5.74) is 1.60. The molecule has 0 saturated carbocycles. The first-order chi connectivity index (χ1) is 11.7. The summed E-state index contributed by atoms with van der Waals surface area (Å²) in [6.07, 6.45) is -0.640. The number of amides is 3. The van der Waals surface area contributed by atoms with E-state index in [0.29, 0.717) is 12.2 Å². The molecule has 0 aromatic heterocycles. The molecule has 0 saturated heterocycles. The minimum atomic E-state index is -0.669. The maximum absolute atomic E-state index is 12.3. The standard InChI is InChI=1S/C18H27N3O4/c1-11(2)15(21-18(24)25-5)17(23)19-10-13-6-8-14(9-7-13)20-16(22)12(3)4/h6-9,11-12,15H,10H2,1-5H3,(H,19,23)(H,20,22)(H,21,24)/t15-/m1/s1. The number of benzene rings is 1. The van der Waals surface area contributed by atoms with Gasteiger partial charge < -0.3 is 20.7 Å². The molecule has 3 amide bonds. The van der Waals surface area contributed by atoms with Crippen LogP contribution in [0.4, 0.5) is 10.5 Å². The molecule has 3 N–H and O–H groups in total. The van der Waals surface area contributed by atoms with Crippen LogP contribution in [0.1, 0.15) is 33.3 Å². The Balaban J connectivity index is 2.60. The lowest BCUT2D eigenvalue weighted by Gasteiger charge is -2.21. The van der Waals surface area contributed by atoms with E-state index in [-0.39, 0.29) is 23.7 Å². The first kappa shape index (κ1) is 20.5. The number of hydrogen-bond acceptors (Lipinski definition) is 4. The second kappa shape index (κ2) is 9.66. The first-order valence-electron chi connectivity index (χ1n) is 8.26. The largest absolute Gasteiger partial charge is 0.453 e. The van der Waals surface area contributed by atoms with Gasteiger partial charge >= 0.3 is 6.09 Å². The smallest absolute Gasteiger partial charge is 0.407 e. The molecule has 0 spiro atoms. The lowest BCUT2D eigenvalue weighted by atomic mass is 10.0. The van der Waals surface area contributed by atoms with Gasteiger partial charge in [-0.05, 0) is 23.6 Å². The molecule has 1 rings (SSSR count). The van der Waals surface area contributed by atoms with Gasteiger partial charge in [-0.2, -0.15) is 0 Å². The molecule has 138 valence electrons. The number of rotatable bonds is 7. The van der Waals surface area contributed by atoms with E-state index >= 15 is 0 Å². The third-order valence-electron chi connectivity index (χ3n) is 3.62. The van der Waals surface area contributed by atoms with Crippen molar-refractivity contribution in [2.24, 2.45) is 11.8 Å². The van der Waals surface area contributed by atoms with Gasteiger partial charge in [-0.1, -0.05) is 39.8 Å². The van der Waals surface area contributed by atoms with Crippen LogP contribution in [-0.4, -0.2) is 31.1 Å². The molecular weight excluding hydrogens is 322 g/mol. The van der Waals surface area contributed by atoms with Crippen LogP contribution in [0, 0.1) is 11.8 Å². The monoisotopic (exact) mass is 349 g/mol. The maximum Gasteiger partial charge on any atom is 0.407 e. The molecule has 1 atom stereocenters. The topological polar surface area (TPSA) is 96.5 Å². The van der Waals surface area contributed by atoms with E-state index in [2.05, 4.69) is 20.7 Å². The molecule has 1 aromatic carbocycles. The molecular formula is C18H27N3O4. The Morgan fingerprint density at radius 1 is 1.00 bits per heavy atom. The Kier molecular flexibility index (Phi) is 7.91. The van der Waals surface area contributed by atoms with Gasteiger partial charge in [0.2, 0.25) is 11.8 Å². The number of carbonyl (C=O) groups excluding carboxylic acids is 3. The van der Waals surface area contributed by atoms with Crippen molar-refractivity contribution < 1.29 is 19.1 Å². The van der Waals surface area contributed by atoms with Crippen LogP contribution in [0.15, 0.2) is 24.3 Å². The van der Waals surface area contributed by atoms with Crippen molar-refractivity contribution in [1.82, 2.24) is 10.6 Å². The van der Waals surface area contributed by atoms with Gasteiger partial charge in [0.05, 0.1) is 7.11 Å². The van der Waals surface area contributed by atoms with Crippen molar-refractivity contribution in [2.45, 2.75) is 40.3 Å². The minimum absolute atomic E-state index is 0.0466. The zero-order valence-electron chi connectivity index (χ0n) is 15.4. The highest BCUT2D eigenvalue weighted by molar-refractivity contribution is 5.92. The van der Waals surface area contributed by atoms with Crippen LogP contribution in [0.5, 0.6) is 0 Å². The molecule has 0 aliphatic heterocycles. The van der Waals surface area contributed by atoms with Crippen LogP contribution in [-0.2, 0) is 20.9 Å². The molecule has 0 fully saturated rings. The molecule has 25 heavy (non-hydrogen) atoms. The molecule has 0 unspecified atom stereocenters. The highest BCUT2D eigenvalue weighted by Crippen LogP contribution is 2.11. The molecule has 0 heterocycles. The lowest BCUT2D eigenvalue weighted by Crippen LogP contribution is -2.49. The van der Waals surface area contributed by atoms with Gasteiger partial charge in [-0.15, -0.1) is 0 Å². The van der Waals surface area contributed by atoms with E-state index < -0.39 is 12.1 Å². The van der Waals surface area contributed by atoms with Crippen LogP contribution < -0.4 is 16.0 Å². The number of methoxy groups -OCH3 is 1. The second-order valence-electron chi connectivity index (χ2n) is 6.42. The Morgan fingerprint density at radius 3 is 2.08 bits per heavy atom. The molecule has 0 radical (unpaired) electrons. The van der Waals surface area contributed by atoms with Gasteiger partial charge in [0.15, 0.2) is 0 Å². The van der Waals surface area contributed by atoms with Crippen LogP contribution in [0.3, 0.4) is 0 Å². The molecule has 1 aromatic rings. The fourth-order valence-electron chi connectivity index (χ4n) is 2.01. The van der Waals surface area contributed by atoms with Crippen molar-refractivity contribution in [2.75, 3.05) is 12.4 Å². The second-order valence-corrected chi connectivity index (χ2v) is 6.42. The number of nitrogens with one attached hydrogen (secondary N) is 3. The predicted octanol–water partition coefficient (Wildman–Crippen LogP) is 2.28. The summed E-state index contributed by atoms with van der Waals surface area (Å²) in [7, 11) is 1.25. The van der Waals surface area contributed by atoms with Gasteiger partial charge in [-0.3, -0.25) is 9.59 Å². The van der Waals surface area contributed by atoms with Gasteiger partial charge in [0.25, 0.3) is 0 Å². The molecule has 0 aliphatic carbocycles. The third-order valence-corrected chi connectivity index (χ3v) is 3.62. The number of carbonyl (C=O) groups is 3. The van der Waals surface area contributed by atoms with E-state index in [0.717, 1.165) is 5.56 Å². The minimum Gasteiger partial charge on any atom is -0.453 e. The summed E-state index contributed by atoms with van der Waals surface area (Å²) in [6, 6.07) is 6.56. The van der Waals surface area contributed by atoms with Crippen LogP contribution in [0.2, 0.25) is 0 Å². The van der Waals surface area contributed by atoms with Gasteiger partial charge in [0.1, 0.15) is 6.04 Å². The van der Waals surface area contributed by atoms with E-state index in [1.807, 2.05) is 39.8 Å². The Morgan fingerprint density at radius 2 is 1.60 bits per heavy atom. The summed E-state index contributed by atoms with van der Waals surface area (Å²) in [6.45, 7) is 7.65. The van der Waals surface area contributed by atoms with Crippen molar-refractivity contribution in [1.29, 1.82) is 0 Å².